The molecule has 3 atom stereocenters. The molecule has 1 amide bonds. The minimum atomic E-state index is -4.44. The molecule has 7 aromatic rings. The first-order valence-corrected chi connectivity index (χ1v) is 22.1. The fraction of sp³-hybridized carbons (Fsp3) is 0.317. The molecule has 0 aliphatic heterocycles. The third-order valence-corrected chi connectivity index (χ3v) is 12.3. The molecule has 2 N–H and O–H groups in total. The second kappa shape index (κ2) is 16.1. The van der Waals surface area contributed by atoms with Gasteiger partial charge in [0, 0.05) is 42.8 Å². The number of nitrogens with one attached hydrogen (secondary N) is 2. The van der Waals surface area contributed by atoms with Crippen molar-refractivity contribution in [2.24, 2.45) is 13.0 Å². The molecular weight excluding hydrogens is 954 g/mol. The first-order valence-electron chi connectivity index (χ1n) is 19.8. The number of aryl methyl sites for hydroxylation is 1. The third-order valence-electron chi connectivity index (χ3n) is 11.4. The van der Waals surface area contributed by atoms with Gasteiger partial charge in [-0.1, -0.05) is 17.7 Å². The Morgan fingerprint density at radius 3 is 2.39 bits per heavy atom. The summed E-state index contributed by atoms with van der Waals surface area (Å²) < 4.78 is 173. The molecule has 0 radical (unpaired) electrons. The average Bonchev–Trinajstić information content (AvgIpc) is 3.43. The zero-order valence-electron chi connectivity index (χ0n) is 34.3. The summed E-state index contributed by atoms with van der Waals surface area (Å²) in [5.41, 5.74) is -3.39. The van der Waals surface area contributed by atoms with E-state index in [9.17, 15) is 48.3 Å². The van der Waals surface area contributed by atoms with Gasteiger partial charge in [0.15, 0.2) is 5.82 Å². The molecule has 3 aromatic carbocycles. The molecule has 352 valence electrons. The predicted molar refractivity (Wildman–Crippen MR) is 220 cm³/mol. The number of amides is 1. The summed E-state index contributed by atoms with van der Waals surface area (Å²) in [6.07, 6.45) is -6.07. The first kappa shape index (κ1) is 45.6. The smallest absolute Gasteiger partial charge is 0.326 e. The SMILES string of the molecule is Cn1nc(NS(C)(=O)=O)c2c(Cl)ccc(-n3c([C@H](Cc4cc(F)cc(F)c4)NC(=O)Cn4nc(C(F)F)c5c4C(F)(F)[C@@H]4C[C@H]54)nc4cc(-c5ccn(CC(F)(F)C(F)F)n5)ccc4c3=O)c21. The molecule has 4 aromatic heterocycles. The van der Waals surface area contributed by atoms with Crippen molar-refractivity contribution in [2.45, 2.75) is 62.6 Å². The van der Waals surface area contributed by atoms with Crippen LogP contribution in [0.5, 0.6) is 0 Å². The van der Waals surface area contributed by atoms with Gasteiger partial charge < -0.3 is 5.32 Å². The van der Waals surface area contributed by atoms with Crippen molar-refractivity contribution in [3.63, 3.8) is 0 Å². The summed E-state index contributed by atoms with van der Waals surface area (Å²) in [6.45, 7) is -2.57. The number of hydrogen-bond donors (Lipinski definition) is 2. The van der Waals surface area contributed by atoms with Gasteiger partial charge in [0.1, 0.15) is 41.9 Å². The molecule has 2 aliphatic rings. The lowest BCUT2D eigenvalue weighted by Gasteiger charge is -2.24. The summed E-state index contributed by atoms with van der Waals surface area (Å²) >= 11 is 6.59. The Bertz CT molecular complexity index is 3340. The number of aromatic nitrogens is 8. The van der Waals surface area contributed by atoms with Crippen LogP contribution in [-0.4, -0.2) is 71.8 Å². The molecule has 26 heteroatoms. The van der Waals surface area contributed by atoms with Crippen molar-refractivity contribution in [1.29, 1.82) is 0 Å². The zero-order valence-corrected chi connectivity index (χ0v) is 35.8. The number of nitrogens with zero attached hydrogens (tertiary/aromatic N) is 8. The van der Waals surface area contributed by atoms with Gasteiger partial charge in [-0.05, 0) is 60.4 Å². The highest BCUT2D eigenvalue weighted by Crippen LogP contribution is 2.68. The minimum Gasteiger partial charge on any atom is -0.344 e. The second-order valence-corrected chi connectivity index (χ2v) is 18.4. The lowest BCUT2D eigenvalue weighted by Crippen LogP contribution is -2.38. The van der Waals surface area contributed by atoms with Gasteiger partial charge in [0.25, 0.3) is 17.9 Å². The van der Waals surface area contributed by atoms with Gasteiger partial charge in [-0.25, -0.2) is 39.7 Å². The third kappa shape index (κ3) is 8.24. The number of carbonyl (C=O) groups is 1. The fourth-order valence-electron chi connectivity index (χ4n) is 8.63. The predicted octanol–water partition coefficient (Wildman–Crippen LogP) is 7.78. The number of anilines is 1. The van der Waals surface area contributed by atoms with Crippen LogP contribution in [-0.2, 0) is 47.3 Å². The molecule has 1 saturated carbocycles. The van der Waals surface area contributed by atoms with Crippen LogP contribution in [0.3, 0.4) is 0 Å². The summed E-state index contributed by atoms with van der Waals surface area (Å²) in [5.74, 6) is -14.2. The van der Waals surface area contributed by atoms with E-state index in [1.807, 2.05) is 0 Å². The molecule has 0 bridgehead atoms. The van der Waals surface area contributed by atoms with Crippen molar-refractivity contribution in [1.82, 2.24) is 44.2 Å². The van der Waals surface area contributed by atoms with Crippen LogP contribution in [0.4, 0.5) is 49.7 Å². The van der Waals surface area contributed by atoms with Gasteiger partial charge in [-0.2, -0.15) is 32.9 Å². The Labute approximate surface area is 375 Å². The summed E-state index contributed by atoms with van der Waals surface area (Å²) in [4.78, 5) is 33.9. The summed E-state index contributed by atoms with van der Waals surface area (Å²) in [7, 11) is -2.61. The number of hydrogen-bond acceptors (Lipinski definition) is 8. The van der Waals surface area contributed by atoms with Crippen LogP contribution in [0.1, 0.15) is 53.1 Å². The van der Waals surface area contributed by atoms with E-state index in [-0.39, 0.29) is 67.1 Å². The van der Waals surface area contributed by atoms with Crippen molar-refractivity contribution < 1.29 is 57.1 Å². The summed E-state index contributed by atoms with van der Waals surface area (Å²) in [6, 6.07) is 8.36. The highest BCUT2D eigenvalue weighted by atomic mass is 35.5. The van der Waals surface area contributed by atoms with E-state index >= 15 is 13.6 Å². The number of rotatable bonds is 14. The highest BCUT2D eigenvalue weighted by Gasteiger charge is 2.67. The monoisotopic (exact) mass is 984 g/mol. The van der Waals surface area contributed by atoms with E-state index in [1.54, 1.807) is 0 Å². The van der Waals surface area contributed by atoms with Crippen LogP contribution < -0.4 is 15.6 Å². The molecule has 1 fully saturated rings. The highest BCUT2D eigenvalue weighted by molar-refractivity contribution is 7.92. The molecule has 2 aliphatic carbocycles. The van der Waals surface area contributed by atoms with E-state index in [2.05, 4.69) is 25.3 Å². The molecule has 9 rings (SSSR count). The van der Waals surface area contributed by atoms with Gasteiger partial charge in [0.2, 0.25) is 15.9 Å². The summed E-state index contributed by atoms with van der Waals surface area (Å²) in [5, 5.41) is 14.2. The molecule has 0 saturated heterocycles. The largest absolute Gasteiger partial charge is 0.344 e. The number of alkyl halides is 8. The van der Waals surface area contributed by atoms with Crippen molar-refractivity contribution in [2.75, 3.05) is 11.0 Å². The van der Waals surface area contributed by atoms with E-state index < -0.39 is 112 Å². The average molecular weight is 985 g/mol. The van der Waals surface area contributed by atoms with Gasteiger partial charge in [-0.3, -0.25) is 32.9 Å². The number of sulfonamides is 1. The number of benzene rings is 3. The normalized spacial score (nSPS) is 17.1. The van der Waals surface area contributed by atoms with Gasteiger partial charge >= 0.3 is 12.3 Å². The maximum absolute atomic E-state index is 15.5. The van der Waals surface area contributed by atoms with Gasteiger partial charge in [-0.15, -0.1) is 0 Å². The molecular formula is C41H31ClF10N10O4S. The lowest BCUT2D eigenvalue weighted by atomic mass is 10.0. The van der Waals surface area contributed by atoms with E-state index in [0.29, 0.717) is 15.4 Å². The minimum absolute atomic E-state index is 0.000199. The molecule has 4 heterocycles. The standard InChI is InChI=1S/C41H31ClF10N10O4S/c1-59-33-28(6-5-24(42)31(33)36(57-59)58-67(2,65)66)62-37(54-26-12-18(3-4-21(26)38(62)64)25-7-8-60(55-25)16-40(49,50)39(47)48)27(11-17-9-19(43)13-20(44)10-17)53-29(63)15-61-34-30(32(56-61)35(45)46)22-14-23(22)41(34,51)52/h3-10,12-13,22-23,27,35,39H,11,14-16H2,1-2H3,(H,53,63)(H,57,58)/t22-,23+,27-/m0/s1. The van der Waals surface area contributed by atoms with Crippen LogP contribution >= 0.6 is 11.6 Å². The zero-order chi connectivity index (χ0) is 48.2. The van der Waals surface area contributed by atoms with E-state index in [1.165, 1.54) is 48.1 Å². The number of carbonyl (C=O) groups excluding carboxylic acids is 1. The van der Waals surface area contributed by atoms with Crippen LogP contribution in [0, 0.1) is 17.6 Å². The molecule has 0 unspecified atom stereocenters. The van der Waals surface area contributed by atoms with Crippen LogP contribution in [0.15, 0.2) is 65.6 Å². The quantitative estimate of drug-likeness (QED) is 0.104. The Morgan fingerprint density at radius 2 is 1.72 bits per heavy atom. The Balaban J connectivity index is 1.24. The Morgan fingerprint density at radius 1 is 1.00 bits per heavy atom. The van der Waals surface area contributed by atoms with Crippen molar-refractivity contribution in [3.05, 3.63) is 116 Å². The molecule has 14 nitrogen and oxygen atoms in total. The van der Waals surface area contributed by atoms with Gasteiger partial charge in [0.05, 0.1) is 50.5 Å². The lowest BCUT2D eigenvalue weighted by molar-refractivity contribution is -0.139. The van der Waals surface area contributed by atoms with Crippen molar-refractivity contribution >= 4 is 55.2 Å². The molecule has 67 heavy (non-hydrogen) atoms. The Hall–Kier alpha value is -6.50. The van der Waals surface area contributed by atoms with Crippen LogP contribution in [0.2, 0.25) is 5.02 Å². The maximum atomic E-state index is 15.5. The number of halogens is 11. The maximum Gasteiger partial charge on any atom is 0.326 e. The van der Waals surface area contributed by atoms with Crippen LogP contribution in [0.25, 0.3) is 38.8 Å². The number of fused-ring (bicyclic) bond motifs is 5. The topological polar surface area (TPSA) is 164 Å². The first-order chi connectivity index (χ1) is 31.4. The Kier molecular flexibility index (Phi) is 11.0. The second-order valence-electron chi connectivity index (χ2n) is 16.2. The fourth-order valence-corrected chi connectivity index (χ4v) is 9.36. The van der Waals surface area contributed by atoms with E-state index in [4.69, 9.17) is 16.6 Å². The van der Waals surface area contributed by atoms with Crippen molar-refractivity contribution in [3.8, 4) is 16.9 Å². The molecule has 0 spiro atoms. The van der Waals surface area contributed by atoms with E-state index in [0.717, 1.165) is 29.2 Å².